The van der Waals surface area contributed by atoms with Gasteiger partial charge in [0, 0.05) is 23.5 Å². The number of nitrogens with one attached hydrogen (secondary N) is 3. The van der Waals surface area contributed by atoms with Gasteiger partial charge in [0.15, 0.2) is 0 Å². The van der Waals surface area contributed by atoms with E-state index in [1.165, 1.54) is 6.07 Å². The Bertz CT molecular complexity index is 1530. The number of primary amides is 1. The van der Waals surface area contributed by atoms with Gasteiger partial charge in [-0.3, -0.25) is 14.4 Å². The average molecular weight is 463 g/mol. The molecular weight excluding hydrogens is 442 g/mol. The highest BCUT2D eigenvalue weighted by Gasteiger charge is 2.30. The standard InChI is InChI=1S/C23H21N5O6/c24-19(29)10-17(22(32)33)26-20(30)18(9-12-11-25-15-7-3-1-5-13(12)15)28-21(31)14-6-2-4-8-16(14)27-23(28)34/h1-8,11,17-18,25H,9-10H2,(H2,24,29)(H,26,30)(H,27,34)(H,32,33)/t17-,18+/m1/s1. The summed E-state index contributed by atoms with van der Waals surface area (Å²) < 4.78 is 0.766. The van der Waals surface area contributed by atoms with Crippen molar-refractivity contribution in [2.24, 2.45) is 5.73 Å². The van der Waals surface area contributed by atoms with E-state index in [9.17, 15) is 29.1 Å². The Morgan fingerprint density at radius 2 is 1.65 bits per heavy atom. The highest BCUT2D eigenvalue weighted by molar-refractivity contribution is 5.90. The van der Waals surface area contributed by atoms with E-state index in [0.29, 0.717) is 11.1 Å². The lowest BCUT2D eigenvalue weighted by Gasteiger charge is -2.21. The Labute approximate surface area is 191 Å². The quantitative estimate of drug-likeness (QED) is 0.252. The SMILES string of the molecule is NC(=O)C[C@@H](NC(=O)[C@H](Cc1c[nH]c2ccccc12)n1c(=O)[nH]c2ccccc2c1=O)C(=O)O. The van der Waals surface area contributed by atoms with Crippen LogP contribution in [0.5, 0.6) is 0 Å². The molecule has 34 heavy (non-hydrogen) atoms. The molecule has 0 spiro atoms. The molecule has 0 fully saturated rings. The first-order valence-corrected chi connectivity index (χ1v) is 10.4. The number of carboxylic acids is 1. The van der Waals surface area contributed by atoms with Crippen molar-refractivity contribution in [1.82, 2.24) is 19.9 Å². The zero-order valence-corrected chi connectivity index (χ0v) is 17.8. The van der Waals surface area contributed by atoms with E-state index >= 15 is 0 Å². The van der Waals surface area contributed by atoms with Crippen LogP contribution in [-0.2, 0) is 20.8 Å². The molecule has 0 radical (unpaired) electrons. The Morgan fingerprint density at radius 3 is 2.32 bits per heavy atom. The van der Waals surface area contributed by atoms with Gasteiger partial charge in [-0.2, -0.15) is 0 Å². The summed E-state index contributed by atoms with van der Waals surface area (Å²) in [6.45, 7) is 0. The summed E-state index contributed by atoms with van der Waals surface area (Å²) in [5, 5.41) is 12.6. The number of hydrogen-bond acceptors (Lipinski definition) is 5. The number of amides is 2. The molecule has 2 aromatic carbocycles. The van der Waals surface area contributed by atoms with Gasteiger partial charge in [0.05, 0.1) is 17.3 Å². The third-order valence-electron chi connectivity index (χ3n) is 5.56. The van der Waals surface area contributed by atoms with E-state index in [4.69, 9.17) is 5.73 Å². The minimum Gasteiger partial charge on any atom is -0.480 e. The number of carbonyl (C=O) groups is 3. The van der Waals surface area contributed by atoms with Crippen LogP contribution in [0.3, 0.4) is 0 Å². The van der Waals surface area contributed by atoms with E-state index in [2.05, 4.69) is 15.3 Å². The third kappa shape index (κ3) is 4.31. The Morgan fingerprint density at radius 1 is 1.00 bits per heavy atom. The Balaban J connectivity index is 1.83. The van der Waals surface area contributed by atoms with Crippen molar-refractivity contribution in [1.29, 1.82) is 0 Å². The van der Waals surface area contributed by atoms with Gasteiger partial charge in [-0.05, 0) is 23.8 Å². The maximum absolute atomic E-state index is 13.3. The Hall–Kier alpha value is -4.67. The van der Waals surface area contributed by atoms with E-state index in [1.807, 2.05) is 18.2 Å². The molecule has 0 saturated heterocycles. The molecule has 6 N–H and O–H groups in total. The van der Waals surface area contributed by atoms with Gasteiger partial charge in [0.2, 0.25) is 11.8 Å². The zero-order chi connectivity index (χ0) is 24.4. The maximum atomic E-state index is 13.3. The second kappa shape index (κ2) is 9.06. The largest absolute Gasteiger partial charge is 0.480 e. The van der Waals surface area contributed by atoms with Gasteiger partial charge in [-0.25, -0.2) is 14.2 Å². The fraction of sp³-hybridized carbons (Fsp3) is 0.174. The molecule has 11 nitrogen and oxygen atoms in total. The van der Waals surface area contributed by atoms with Crippen molar-refractivity contribution in [2.45, 2.75) is 24.9 Å². The number of para-hydroxylation sites is 2. The molecule has 2 amide bonds. The van der Waals surface area contributed by atoms with Crippen LogP contribution in [0.4, 0.5) is 0 Å². The van der Waals surface area contributed by atoms with Gasteiger partial charge in [0.1, 0.15) is 12.1 Å². The lowest BCUT2D eigenvalue weighted by atomic mass is 10.0. The monoisotopic (exact) mass is 463 g/mol. The predicted octanol–water partition coefficient (Wildman–Crippen LogP) is 0.400. The van der Waals surface area contributed by atoms with Crippen molar-refractivity contribution in [3.63, 3.8) is 0 Å². The summed E-state index contributed by atoms with van der Waals surface area (Å²) in [7, 11) is 0. The van der Waals surface area contributed by atoms with Gasteiger partial charge in [-0.15, -0.1) is 0 Å². The lowest BCUT2D eigenvalue weighted by Crippen LogP contribution is -2.50. The second-order valence-corrected chi connectivity index (χ2v) is 7.80. The first kappa shape index (κ1) is 22.5. The molecular formula is C23H21N5O6. The zero-order valence-electron chi connectivity index (χ0n) is 17.8. The number of benzene rings is 2. The number of aliphatic carboxylic acids is 1. The highest BCUT2D eigenvalue weighted by atomic mass is 16.4. The first-order chi connectivity index (χ1) is 16.3. The van der Waals surface area contributed by atoms with Crippen LogP contribution in [0, 0.1) is 0 Å². The number of nitrogens with two attached hydrogens (primary N) is 1. The highest BCUT2D eigenvalue weighted by Crippen LogP contribution is 2.22. The summed E-state index contributed by atoms with van der Waals surface area (Å²) in [5.41, 5.74) is 5.30. The number of hydrogen-bond donors (Lipinski definition) is 5. The first-order valence-electron chi connectivity index (χ1n) is 10.4. The number of rotatable bonds is 8. The topological polar surface area (TPSA) is 180 Å². The van der Waals surface area contributed by atoms with Gasteiger partial charge < -0.3 is 26.1 Å². The fourth-order valence-corrected chi connectivity index (χ4v) is 3.94. The van der Waals surface area contributed by atoms with Crippen molar-refractivity contribution >= 4 is 39.6 Å². The molecule has 2 atom stereocenters. The van der Waals surface area contributed by atoms with E-state index < -0.39 is 47.5 Å². The molecule has 0 aliphatic rings. The Kier molecular flexibility index (Phi) is 6.00. The average Bonchev–Trinajstić information content (AvgIpc) is 3.20. The number of aromatic nitrogens is 3. The minimum atomic E-state index is -1.62. The van der Waals surface area contributed by atoms with Crippen LogP contribution in [0.25, 0.3) is 21.8 Å². The molecule has 0 aliphatic carbocycles. The van der Waals surface area contributed by atoms with Crippen molar-refractivity contribution in [3.05, 3.63) is 81.1 Å². The van der Waals surface area contributed by atoms with Gasteiger partial charge >= 0.3 is 11.7 Å². The molecule has 174 valence electrons. The normalized spacial score (nSPS) is 12.9. The summed E-state index contributed by atoms with van der Waals surface area (Å²) >= 11 is 0. The van der Waals surface area contributed by atoms with Crippen LogP contribution in [-0.4, -0.2) is 43.5 Å². The van der Waals surface area contributed by atoms with Gasteiger partial charge in [0.25, 0.3) is 5.56 Å². The van der Waals surface area contributed by atoms with Crippen molar-refractivity contribution in [2.75, 3.05) is 0 Å². The molecule has 2 heterocycles. The summed E-state index contributed by atoms with van der Waals surface area (Å²) in [5.74, 6) is -3.32. The van der Waals surface area contributed by atoms with Crippen LogP contribution in [0.2, 0.25) is 0 Å². The van der Waals surface area contributed by atoms with Crippen molar-refractivity contribution < 1.29 is 19.5 Å². The molecule has 0 bridgehead atoms. The van der Waals surface area contributed by atoms with Gasteiger partial charge in [-0.1, -0.05) is 30.3 Å². The smallest absolute Gasteiger partial charge is 0.329 e. The van der Waals surface area contributed by atoms with Crippen molar-refractivity contribution in [3.8, 4) is 0 Å². The fourth-order valence-electron chi connectivity index (χ4n) is 3.94. The molecule has 4 aromatic rings. The number of fused-ring (bicyclic) bond motifs is 2. The van der Waals surface area contributed by atoms with E-state index in [-0.39, 0.29) is 11.8 Å². The number of aromatic amines is 2. The third-order valence-corrected chi connectivity index (χ3v) is 5.56. The number of carboxylic acid groups (broad SMARTS) is 1. The number of nitrogens with zero attached hydrogens (tertiary/aromatic N) is 1. The van der Waals surface area contributed by atoms with Crippen LogP contribution < -0.4 is 22.3 Å². The maximum Gasteiger partial charge on any atom is 0.329 e. The predicted molar refractivity (Wildman–Crippen MR) is 123 cm³/mol. The lowest BCUT2D eigenvalue weighted by molar-refractivity contribution is -0.143. The molecule has 11 heteroatoms. The van der Waals surface area contributed by atoms with Crippen LogP contribution in [0.1, 0.15) is 18.0 Å². The second-order valence-electron chi connectivity index (χ2n) is 7.80. The molecule has 2 aromatic heterocycles. The molecule has 0 saturated carbocycles. The van der Waals surface area contributed by atoms with Crippen LogP contribution >= 0.6 is 0 Å². The summed E-state index contributed by atoms with van der Waals surface area (Å²) in [6.07, 6.45) is 0.910. The van der Waals surface area contributed by atoms with Crippen LogP contribution in [0.15, 0.2) is 64.3 Å². The van der Waals surface area contributed by atoms with E-state index in [1.54, 1.807) is 30.5 Å². The molecule has 4 rings (SSSR count). The minimum absolute atomic E-state index is 0.0971. The molecule has 0 aliphatic heterocycles. The number of H-pyrrole nitrogens is 2. The summed E-state index contributed by atoms with van der Waals surface area (Å²) in [6, 6.07) is 10.6. The number of carbonyl (C=O) groups excluding carboxylic acids is 2. The van der Waals surface area contributed by atoms with E-state index in [0.717, 1.165) is 15.5 Å². The molecule has 0 unspecified atom stereocenters. The summed E-state index contributed by atoms with van der Waals surface area (Å²) in [4.78, 5) is 68.0.